The smallest absolute Gasteiger partial charge is 0.250 e. The number of aryl methyl sites for hydroxylation is 1. The number of fused-ring (bicyclic) bond motifs is 2. The molecule has 1 amide bonds. The number of para-hydroxylation sites is 1. The van der Waals surface area contributed by atoms with Gasteiger partial charge in [0.15, 0.2) is 0 Å². The Bertz CT molecular complexity index is 827. The van der Waals surface area contributed by atoms with Gasteiger partial charge in [-0.05, 0) is 36.1 Å². The Morgan fingerprint density at radius 1 is 1.17 bits per heavy atom. The van der Waals surface area contributed by atoms with Crippen molar-refractivity contribution in [2.45, 2.75) is 18.4 Å². The molecule has 0 bridgehead atoms. The summed E-state index contributed by atoms with van der Waals surface area (Å²) in [6.07, 6.45) is 3.31. The van der Waals surface area contributed by atoms with Crippen LogP contribution in [-0.4, -0.2) is 24.2 Å². The van der Waals surface area contributed by atoms with Crippen LogP contribution in [0.25, 0.3) is 6.08 Å². The van der Waals surface area contributed by atoms with Gasteiger partial charge in [0.1, 0.15) is 18.0 Å². The number of nitrogens with one attached hydrogen (secondary N) is 1. The first-order valence-electron chi connectivity index (χ1n) is 8.17. The van der Waals surface area contributed by atoms with Gasteiger partial charge in [0.05, 0.1) is 12.1 Å². The van der Waals surface area contributed by atoms with Gasteiger partial charge in [-0.2, -0.15) is 0 Å². The summed E-state index contributed by atoms with van der Waals surface area (Å²) >= 11 is 0. The molecule has 24 heavy (non-hydrogen) atoms. The lowest BCUT2D eigenvalue weighted by atomic mass is 9.96. The van der Waals surface area contributed by atoms with E-state index in [1.807, 2.05) is 54.6 Å². The monoisotopic (exact) mass is 321 g/mol. The second-order valence-corrected chi connectivity index (χ2v) is 6.37. The quantitative estimate of drug-likeness (QED) is 0.913. The lowest BCUT2D eigenvalue weighted by Crippen LogP contribution is -2.40. The molecule has 0 fully saturated rings. The molecule has 0 saturated carbocycles. The van der Waals surface area contributed by atoms with Crippen LogP contribution in [0, 0.1) is 0 Å². The van der Waals surface area contributed by atoms with E-state index in [1.165, 1.54) is 0 Å². The summed E-state index contributed by atoms with van der Waals surface area (Å²) in [7, 11) is 0. The SMILES string of the molecule is O=C(NCC1(O)CCc2ccccc21)C1=Cc2ccccc2OC1. The maximum absolute atomic E-state index is 12.4. The fourth-order valence-corrected chi connectivity index (χ4v) is 3.44. The fraction of sp³-hybridized carbons (Fsp3) is 0.250. The molecule has 4 rings (SSSR count). The van der Waals surface area contributed by atoms with Crippen LogP contribution in [0.3, 0.4) is 0 Å². The molecule has 2 aliphatic rings. The first-order chi connectivity index (χ1) is 11.7. The Balaban J connectivity index is 1.48. The van der Waals surface area contributed by atoms with E-state index in [0.717, 1.165) is 28.9 Å². The van der Waals surface area contributed by atoms with Crippen molar-refractivity contribution >= 4 is 12.0 Å². The van der Waals surface area contributed by atoms with E-state index in [0.29, 0.717) is 12.0 Å². The Morgan fingerprint density at radius 2 is 1.96 bits per heavy atom. The Morgan fingerprint density at radius 3 is 2.88 bits per heavy atom. The molecule has 4 heteroatoms. The van der Waals surface area contributed by atoms with Crippen molar-refractivity contribution < 1.29 is 14.6 Å². The maximum atomic E-state index is 12.4. The van der Waals surface area contributed by atoms with E-state index in [2.05, 4.69) is 5.32 Å². The highest BCUT2D eigenvalue weighted by Gasteiger charge is 2.36. The normalized spacial score (nSPS) is 21.3. The molecule has 0 saturated heterocycles. The zero-order valence-electron chi connectivity index (χ0n) is 13.3. The number of hydrogen-bond donors (Lipinski definition) is 2. The van der Waals surface area contributed by atoms with Crippen molar-refractivity contribution in [3.8, 4) is 5.75 Å². The number of carbonyl (C=O) groups excluding carboxylic acids is 1. The van der Waals surface area contributed by atoms with Gasteiger partial charge in [-0.1, -0.05) is 42.5 Å². The molecule has 2 N–H and O–H groups in total. The van der Waals surface area contributed by atoms with Gasteiger partial charge in [-0.25, -0.2) is 0 Å². The molecule has 1 atom stereocenters. The van der Waals surface area contributed by atoms with E-state index >= 15 is 0 Å². The van der Waals surface area contributed by atoms with E-state index < -0.39 is 5.60 Å². The Labute approximate surface area is 140 Å². The van der Waals surface area contributed by atoms with Gasteiger partial charge < -0.3 is 15.2 Å². The molecule has 4 nitrogen and oxygen atoms in total. The average molecular weight is 321 g/mol. The highest BCUT2D eigenvalue weighted by Crippen LogP contribution is 2.36. The zero-order chi connectivity index (χ0) is 16.6. The summed E-state index contributed by atoms with van der Waals surface area (Å²) in [6.45, 7) is 0.458. The standard InChI is InChI=1S/C20H19NO3/c22-19(16-11-15-6-2-4-8-18(15)24-12-16)21-13-20(23)10-9-14-5-1-3-7-17(14)20/h1-8,11,23H,9-10,12-13H2,(H,21,22). The third kappa shape index (κ3) is 2.59. The number of benzene rings is 2. The van der Waals surface area contributed by atoms with Crippen LogP contribution in [-0.2, 0) is 16.8 Å². The van der Waals surface area contributed by atoms with Gasteiger partial charge in [0.25, 0.3) is 5.91 Å². The summed E-state index contributed by atoms with van der Waals surface area (Å²) in [5, 5.41) is 13.8. The van der Waals surface area contributed by atoms with Crippen molar-refractivity contribution in [1.29, 1.82) is 0 Å². The third-order valence-corrected chi connectivity index (χ3v) is 4.79. The lowest BCUT2D eigenvalue weighted by molar-refractivity contribution is -0.119. The molecule has 1 aliphatic carbocycles. The van der Waals surface area contributed by atoms with Crippen molar-refractivity contribution in [3.05, 3.63) is 70.8 Å². The Hall–Kier alpha value is -2.59. The lowest BCUT2D eigenvalue weighted by Gasteiger charge is -2.25. The number of hydrogen-bond acceptors (Lipinski definition) is 3. The second-order valence-electron chi connectivity index (χ2n) is 6.37. The first kappa shape index (κ1) is 15.0. The van der Waals surface area contributed by atoms with Gasteiger partial charge >= 0.3 is 0 Å². The Kier molecular flexibility index (Phi) is 3.62. The maximum Gasteiger partial charge on any atom is 0.250 e. The zero-order valence-corrected chi connectivity index (χ0v) is 13.3. The number of aliphatic hydroxyl groups is 1. The topological polar surface area (TPSA) is 58.6 Å². The predicted molar refractivity (Wildman–Crippen MR) is 91.6 cm³/mol. The largest absolute Gasteiger partial charge is 0.488 e. The molecular weight excluding hydrogens is 302 g/mol. The van der Waals surface area contributed by atoms with Crippen molar-refractivity contribution in [1.82, 2.24) is 5.32 Å². The number of amides is 1. The molecule has 0 radical (unpaired) electrons. The molecule has 2 aromatic rings. The average Bonchev–Trinajstić information content (AvgIpc) is 2.97. The minimum atomic E-state index is -0.986. The highest BCUT2D eigenvalue weighted by molar-refractivity contribution is 5.99. The summed E-state index contributed by atoms with van der Waals surface area (Å²) in [6, 6.07) is 15.5. The third-order valence-electron chi connectivity index (χ3n) is 4.79. The summed E-state index contributed by atoms with van der Waals surface area (Å²) in [4.78, 5) is 12.4. The van der Waals surface area contributed by atoms with Crippen LogP contribution in [0.5, 0.6) is 5.75 Å². The van der Waals surface area contributed by atoms with E-state index in [4.69, 9.17) is 4.74 Å². The summed E-state index contributed by atoms with van der Waals surface area (Å²) in [5.41, 5.74) is 2.57. The molecule has 0 aromatic heterocycles. The molecular formula is C20H19NO3. The minimum Gasteiger partial charge on any atom is -0.488 e. The van der Waals surface area contributed by atoms with E-state index in [9.17, 15) is 9.90 Å². The van der Waals surface area contributed by atoms with E-state index in [-0.39, 0.29) is 19.1 Å². The van der Waals surface area contributed by atoms with Crippen LogP contribution in [0.2, 0.25) is 0 Å². The molecule has 122 valence electrons. The van der Waals surface area contributed by atoms with Crippen molar-refractivity contribution in [2.24, 2.45) is 0 Å². The fourth-order valence-electron chi connectivity index (χ4n) is 3.44. The van der Waals surface area contributed by atoms with Gasteiger partial charge in [-0.15, -0.1) is 0 Å². The summed E-state index contributed by atoms with van der Waals surface area (Å²) in [5.74, 6) is 0.597. The number of ether oxygens (including phenoxy) is 1. The van der Waals surface area contributed by atoms with Crippen molar-refractivity contribution in [2.75, 3.05) is 13.2 Å². The van der Waals surface area contributed by atoms with Crippen LogP contribution in [0.1, 0.15) is 23.1 Å². The van der Waals surface area contributed by atoms with Crippen molar-refractivity contribution in [3.63, 3.8) is 0 Å². The van der Waals surface area contributed by atoms with Crippen LogP contribution < -0.4 is 10.1 Å². The number of rotatable bonds is 3. The second kappa shape index (κ2) is 5.80. The summed E-state index contributed by atoms with van der Waals surface area (Å²) < 4.78 is 5.62. The van der Waals surface area contributed by atoms with Gasteiger partial charge in [0.2, 0.25) is 0 Å². The predicted octanol–water partition coefficient (Wildman–Crippen LogP) is 2.41. The molecule has 0 spiro atoms. The molecule has 1 unspecified atom stereocenters. The highest BCUT2D eigenvalue weighted by atomic mass is 16.5. The molecule has 2 aromatic carbocycles. The molecule has 1 aliphatic heterocycles. The van der Waals surface area contributed by atoms with E-state index in [1.54, 1.807) is 0 Å². The minimum absolute atomic E-state index is 0.192. The van der Waals surface area contributed by atoms with Gasteiger partial charge in [-0.3, -0.25) is 4.79 Å². The number of carbonyl (C=O) groups is 1. The van der Waals surface area contributed by atoms with Gasteiger partial charge in [0, 0.05) is 5.56 Å². The van der Waals surface area contributed by atoms with Crippen LogP contribution in [0.4, 0.5) is 0 Å². The van der Waals surface area contributed by atoms with Crippen LogP contribution in [0.15, 0.2) is 54.1 Å². The first-order valence-corrected chi connectivity index (χ1v) is 8.17. The molecule has 1 heterocycles. The van der Waals surface area contributed by atoms with Crippen LogP contribution >= 0.6 is 0 Å².